The van der Waals surface area contributed by atoms with E-state index < -0.39 is 10.0 Å². The predicted molar refractivity (Wildman–Crippen MR) is 97.9 cm³/mol. The molecule has 2 atom stereocenters. The van der Waals surface area contributed by atoms with E-state index in [1.54, 1.807) is 17.0 Å². The molecule has 6 nitrogen and oxygen atoms in total. The number of benzene rings is 1. The number of sulfonamides is 1. The topological polar surface area (TPSA) is 92.5 Å². The molecule has 2 unspecified atom stereocenters. The summed E-state index contributed by atoms with van der Waals surface area (Å²) in [6.45, 7) is 2.65. The average Bonchev–Trinajstić information content (AvgIpc) is 2.60. The first kappa shape index (κ1) is 18.4. The van der Waals surface area contributed by atoms with E-state index in [0.717, 1.165) is 49.8 Å². The molecular weight excluding hydrogens is 338 g/mol. The first-order valence-corrected chi connectivity index (χ1v) is 10.5. The molecule has 3 N–H and O–H groups in total. The number of anilines is 1. The molecule has 1 saturated carbocycles. The Morgan fingerprint density at radius 2 is 2.04 bits per heavy atom. The number of fused-ring (bicyclic) bond motifs is 1. The highest BCUT2D eigenvalue weighted by Gasteiger charge is 2.30. The highest BCUT2D eigenvalue weighted by Crippen LogP contribution is 2.31. The molecule has 7 heteroatoms. The lowest BCUT2D eigenvalue weighted by Crippen LogP contribution is -2.44. The normalized spacial score (nSPS) is 24.0. The van der Waals surface area contributed by atoms with Crippen LogP contribution in [0.15, 0.2) is 23.1 Å². The SMILES string of the molecule is CC(=O)N1CCCc2ccc(S(=O)(=O)NC3CCCCC3CN)cc21. The third kappa shape index (κ3) is 3.88. The highest BCUT2D eigenvalue weighted by molar-refractivity contribution is 7.89. The largest absolute Gasteiger partial charge is 0.330 e. The number of hydrogen-bond acceptors (Lipinski definition) is 4. The monoisotopic (exact) mass is 365 g/mol. The van der Waals surface area contributed by atoms with Crippen LogP contribution < -0.4 is 15.4 Å². The van der Waals surface area contributed by atoms with Gasteiger partial charge >= 0.3 is 0 Å². The molecule has 3 rings (SSSR count). The van der Waals surface area contributed by atoms with Crippen LogP contribution in [0.3, 0.4) is 0 Å². The number of nitrogens with two attached hydrogens (primary N) is 1. The van der Waals surface area contributed by atoms with Crippen molar-refractivity contribution in [2.75, 3.05) is 18.0 Å². The van der Waals surface area contributed by atoms with Crippen molar-refractivity contribution >= 4 is 21.6 Å². The van der Waals surface area contributed by atoms with Crippen molar-refractivity contribution in [1.82, 2.24) is 4.72 Å². The van der Waals surface area contributed by atoms with Gasteiger partial charge in [0.15, 0.2) is 0 Å². The zero-order valence-corrected chi connectivity index (χ0v) is 15.5. The molecule has 2 aliphatic rings. The molecule has 1 aromatic rings. The molecule has 138 valence electrons. The Morgan fingerprint density at radius 3 is 2.76 bits per heavy atom. The van der Waals surface area contributed by atoms with Crippen molar-refractivity contribution in [3.05, 3.63) is 23.8 Å². The Balaban J connectivity index is 1.87. The molecule has 1 aromatic carbocycles. The van der Waals surface area contributed by atoms with E-state index in [1.165, 1.54) is 6.92 Å². The van der Waals surface area contributed by atoms with Crippen LogP contribution in [-0.4, -0.2) is 33.5 Å². The van der Waals surface area contributed by atoms with E-state index >= 15 is 0 Å². The van der Waals surface area contributed by atoms with Crippen molar-refractivity contribution in [3.63, 3.8) is 0 Å². The molecule has 0 spiro atoms. The second-order valence-electron chi connectivity index (χ2n) is 7.07. The number of nitrogens with zero attached hydrogens (tertiary/aromatic N) is 1. The Hall–Kier alpha value is -1.44. The van der Waals surface area contributed by atoms with Gasteiger partial charge in [0.1, 0.15) is 0 Å². The van der Waals surface area contributed by atoms with E-state index in [0.29, 0.717) is 13.1 Å². The van der Waals surface area contributed by atoms with Gasteiger partial charge in [0.2, 0.25) is 15.9 Å². The predicted octanol–water partition coefficient (Wildman–Crippen LogP) is 1.78. The van der Waals surface area contributed by atoms with Crippen LogP contribution >= 0.6 is 0 Å². The second-order valence-corrected chi connectivity index (χ2v) is 8.79. The average molecular weight is 365 g/mol. The summed E-state index contributed by atoms with van der Waals surface area (Å²) in [5, 5.41) is 0. The maximum Gasteiger partial charge on any atom is 0.240 e. The summed E-state index contributed by atoms with van der Waals surface area (Å²) in [6, 6.07) is 5.01. The van der Waals surface area contributed by atoms with Crippen LogP contribution in [0.1, 0.15) is 44.6 Å². The summed E-state index contributed by atoms with van der Waals surface area (Å²) in [4.78, 5) is 13.8. The van der Waals surface area contributed by atoms with E-state index in [9.17, 15) is 13.2 Å². The summed E-state index contributed by atoms with van der Waals surface area (Å²) in [5.41, 5.74) is 7.56. The zero-order valence-electron chi connectivity index (χ0n) is 14.7. The van der Waals surface area contributed by atoms with Crippen molar-refractivity contribution in [2.45, 2.75) is 56.4 Å². The van der Waals surface area contributed by atoms with Crippen LogP contribution in [-0.2, 0) is 21.2 Å². The van der Waals surface area contributed by atoms with E-state index in [2.05, 4.69) is 4.72 Å². The standard InChI is InChI=1S/C18H27N3O3S/c1-13(22)21-10-4-6-14-8-9-16(11-18(14)21)25(23,24)20-17-7-3-2-5-15(17)12-19/h8-9,11,15,17,20H,2-7,10,12,19H2,1H3. The van der Waals surface area contributed by atoms with Crippen LogP contribution in [0.25, 0.3) is 0 Å². The lowest BCUT2D eigenvalue weighted by atomic mass is 9.85. The van der Waals surface area contributed by atoms with Gasteiger partial charge in [-0.2, -0.15) is 0 Å². The summed E-state index contributed by atoms with van der Waals surface area (Å²) < 4.78 is 28.6. The minimum absolute atomic E-state index is 0.0565. The van der Waals surface area contributed by atoms with Crippen LogP contribution in [0.4, 0.5) is 5.69 Å². The number of nitrogens with one attached hydrogen (secondary N) is 1. The van der Waals surface area contributed by atoms with E-state index in [1.807, 2.05) is 6.07 Å². The molecule has 0 bridgehead atoms. The van der Waals surface area contributed by atoms with Gasteiger partial charge in [-0.3, -0.25) is 4.79 Å². The minimum atomic E-state index is -3.63. The quantitative estimate of drug-likeness (QED) is 0.851. The smallest absolute Gasteiger partial charge is 0.240 e. The van der Waals surface area contributed by atoms with Gasteiger partial charge in [-0.1, -0.05) is 18.9 Å². The first-order chi connectivity index (χ1) is 11.9. The lowest BCUT2D eigenvalue weighted by Gasteiger charge is -2.32. The summed E-state index contributed by atoms with van der Waals surface area (Å²) >= 11 is 0. The van der Waals surface area contributed by atoms with Crippen molar-refractivity contribution < 1.29 is 13.2 Å². The molecule has 1 aliphatic heterocycles. The van der Waals surface area contributed by atoms with Crippen LogP contribution in [0.5, 0.6) is 0 Å². The van der Waals surface area contributed by atoms with Crippen LogP contribution in [0.2, 0.25) is 0 Å². The minimum Gasteiger partial charge on any atom is -0.330 e. The van der Waals surface area contributed by atoms with Gasteiger partial charge in [-0.15, -0.1) is 0 Å². The fraction of sp³-hybridized carbons (Fsp3) is 0.611. The summed E-state index contributed by atoms with van der Waals surface area (Å²) in [5.74, 6) is 0.133. The molecule has 0 saturated heterocycles. The van der Waals surface area contributed by atoms with Gasteiger partial charge in [0.05, 0.1) is 4.90 Å². The van der Waals surface area contributed by atoms with Crippen molar-refractivity contribution in [3.8, 4) is 0 Å². The van der Waals surface area contributed by atoms with Gasteiger partial charge in [0.25, 0.3) is 0 Å². The number of carbonyl (C=O) groups excluding carboxylic acids is 1. The summed E-state index contributed by atoms with van der Waals surface area (Å²) in [6.07, 6.45) is 5.68. The maximum atomic E-state index is 12.9. The number of amides is 1. The first-order valence-electron chi connectivity index (χ1n) is 9.06. The zero-order chi connectivity index (χ0) is 18.0. The van der Waals surface area contributed by atoms with Crippen LogP contribution in [0, 0.1) is 5.92 Å². The van der Waals surface area contributed by atoms with E-state index in [4.69, 9.17) is 5.73 Å². The number of carbonyl (C=O) groups is 1. The fourth-order valence-corrected chi connectivity index (χ4v) is 5.32. The third-order valence-electron chi connectivity index (χ3n) is 5.38. The molecule has 0 aromatic heterocycles. The molecule has 1 fully saturated rings. The third-order valence-corrected chi connectivity index (χ3v) is 6.87. The van der Waals surface area contributed by atoms with Gasteiger partial charge < -0.3 is 10.6 Å². The Morgan fingerprint density at radius 1 is 1.28 bits per heavy atom. The Labute approximate surface area is 149 Å². The molecule has 0 radical (unpaired) electrons. The van der Waals surface area contributed by atoms with Crippen molar-refractivity contribution in [1.29, 1.82) is 0 Å². The van der Waals surface area contributed by atoms with E-state index in [-0.39, 0.29) is 22.8 Å². The molecular formula is C18H27N3O3S. The highest BCUT2D eigenvalue weighted by atomic mass is 32.2. The summed E-state index contributed by atoms with van der Waals surface area (Å²) in [7, 11) is -3.63. The number of rotatable bonds is 4. The second kappa shape index (κ2) is 7.43. The Kier molecular flexibility index (Phi) is 5.46. The molecule has 25 heavy (non-hydrogen) atoms. The number of hydrogen-bond donors (Lipinski definition) is 2. The van der Waals surface area contributed by atoms with Gasteiger partial charge in [0, 0.05) is 25.2 Å². The molecule has 1 amide bonds. The van der Waals surface area contributed by atoms with Gasteiger partial charge in [-0.05, 0) is 55.8 Å². The maximum absolute atomic E-state index is 12.9. The Bertz CT molecular complexity index is 748. The van der Waals surface area contributed by atoms with Crippen molar-refractivity contribution in [2.24, 2.45) is 11.7 Å². The van der Waals surface area contributed by atoms with Gasteiger partial charge in [-0.25, -0.2) is 13.1 Å². The lowest BCUT2D eigenvalue weighted by molar-refractivity contribution is -0.116. The molecule has 1 aliphatic carbocycles. The molecule has 1 heterocycles. The fourth-order valence-electron chi connectivity index (χ4n) is 3.96. The number of aryl methyl sites for hydroxylation is 1.